The van der Waals surface area contributed by atoms with Gasteiger partial charge in [-0.25, -0.2) is 0 Å². The Labute approximate surface area is 62.3 Å². The van der Waals surface area contributed by atoms with Crippen molar-refractivity contribution < 1.29 is 9.21 Å². The van der Waals surface area contributed by atoms with E-state index in [1.54, 1.807) is 0 Å². The number of carbonyl (C=O) groups is 1. The number of Topliss-reactive ketones (excluding diaryl/α,β-unsaturated/α-hetero) is 1. The van der Waals surface area contributed by atoms with E-state index < -0.39 is 0 Å². The van der Waals surface area contributed by atoms with Crippen LogP contribution >= 0.6 is 0 Å². The fourth-order valence-electron chi connectivity index (χ4n) is 0.615. The average molecular weight is 151 g/mol. The molecule has 0 aromatic carbocycles. The number of nitrogens with zero attached hydrogens (tertiary/aromatic N) is 3. The summed E-state index contributed by atoms with van der Waals surface area (Å²) in [7, 11) is 0. The predicted molar refractivity (Wildman–Crippen MR) is 37.5 cm³/mol. The van der Waals surface area contributed by atoms with Crippen LogP contribution in [-0.4, -0.2) is 5.78 Å². The average Bonchev–Trinajstić information content (AvgIpc) is 2.37. The van der Waals surface area contributed by atoms with Crippen molar-refractivity contribution in [3.8, 4) is 0 Å². The smallest absolute Gasteiger partial charge is 0.194 e. The molecule has 0 spiro atoms. The molecule has 0 saturated heterocycles. The van der Waals surface area contributed by atoms with E-state index in [0.29, 0.717) is 0 Å². The second-order valence-corrected chi connectivity index (χ2v) is 1.88. The summed E-state index contributed by atoms with van der Waals surface area (Å²) < 4.78 is 4.82. The zero-order valence-corrected chi connectivity index (χ0v) is 5.81. The maximum atomic E-state index is 10.6. The van der Waals surface area contributed by atoms with E-state index in [-0.39, 0.29) is 17.4 Å². The molecule has 0 aliphatic rings. The van der Waals surface area contributed by atoms with Crippen molar-refractivity contribution >= 4 is 11.7 Å². The SMILES string of the molecule is CC(=O)c1ccc(N=[N+]=[N-])o1. The number of carbonyl (C=O) groups excluding carboxylic acids is 1. The lowest BCUT2D eigenvalue weighted by atomic mass is 10.3. The van der Waals surface area contributed by atoms with Crippen LogP contribution in [0, 0.1) is 0 Å². The Kier molecular flexibility index (Phi) is 1.94. The van der Waals surface area contributed by atoms with Gasteiger partial charge in [-0.3, -0.25) is 4.79 Å². The van der Waals surface area contributed by atoms with Crippen LogP contribution in [0.1, 0.15) is 17.5 Å². The number of hydrogen-bond acceptors (Lipinski definition) is 3. The number of azide groups is 1. The molecule has 0 radical (unpaired) electrons. The standard InChI is InChI=1S/C6H5N3O2/c1-4(10)5-2-3-6(11-5)8-9-7/h2-3H,1H3. The molecular weight excluding hydrogens is 146 g/mol. The zero-order valence-electron chi connectivity index (χ0n) is 5.81. The van der Waals surface area contributed by atoms with Crippen molar-refractivity contribution in [1.82, 2.24) is 0 Å². The Morgan fingerprint density at radius 1 is 1.73 bits per heavy atom. The highest BCUT2D eigenvalue weighted by atomic mass is 16.4. The van der Waals surface area contributed by atoms with Crippen LogP contribution < -0.4 is 0 Å². The molecule has 0 bridgehead atoms. The van der Waals surface area contributed by atoms with Crippen molar-refractivity contribution in [2.75, 3.05) is 0 Å². The van der Waals surface area contributed by atoms with Crippen LogP contribution in [0.15, 0.2) is 21.7 Å². The van der Waals surface area contributed by atoms with Crippen molar-refractivity contribution in [2.45, 2.75) is 6.92 Å². The second kappa shape index (κ2) is 2.90. The molecular formula is C6H5N3O2. The van der Waals surface area contributed by atoms with Gasteiger partial charge < -0.3 is 4.42 Å². The van der Waals surface area contributed by atoms with Crippen molar-refractivity contribution in [3.05, 3.63) is 28.3 Å². The molecule has 1 rings (SSSR count). The molecule has 0 saturated carbocycles. The van der Waals surface area contributed by atoms with Crippen LogP contribution in [0.25, 0.3) is 10.4 Å². The highest BCUT2D eigenvalue weighted by Crippen LogP contribution is 2.16. The Morgan fingerprint density at radius 2 is 2.45 bits per heavy atom. The van der Waals surface area contributed by atoms with Gasteiger partial charge >= 0.3 is 0 Å². The molecule has 5 nitrogen and oxygen atoms in total. The van der Waals surface area contributed by atoms with E-state index in [0.717, 1.165) is 0 Å². The van der Waals surface area contributed by atoms with Crippen LogP contribution in [0.5, 0.6) is 0 Å². The van der Waals surface area contributed by atoms with Gasteiger partial charge in [-0.05, 0) is 22.8 Å². The topological polar surface area (TPSA) is 79.0 Å². The highest BCUT2D eigenvalue weighted by Gasteiger charge is 2.03. The third kappa shape index (κ3) is 1.59. The second-order valence-electron chi connectivity index (χ2n) is 1.88. The van der Waals surface area contributed by atoms with Crippen molar-refractivity contribution in [1.29, 1.82) is 0 Å². The van der Waals surface area contributed by atoms with Crippen LogP contribution in [0.4, 0.5) is 5.88 Å². The lowest BCUT2D eigenvalue weighted by molar-refractivity contribution is 0.0988. The van der Waals surface area contributed by atoms with E-state index in [4.69, 9.17) is 9.95 Å². The lowest BCUT2D eigenvalue weighted by Crippen LogP contribution is -1.85. The van der Waals surface area contributed by atoms with Gasteiger partial charge in [0.1, 0.15) is 0 Å². The number of hydrogen-bond donors (Lipinski definition) is 0. The monoisotopic (exact) mass is 151 g/mol. The van der Waals surface area contributed by atoms with Crippen molar-refractivity contribution in [3.63, 3.8) is 0 Å². The van der Waals surface area contributed by atoms with E-state index in [2.05, 4.69) is 10.0 Å². The van der Waals surface area contributed by atoms with Gasteiger partial charge in [-0.2, -0.15) is 0 Å². The maximum Gasteiger partial charge on any atom is 0.194 e. The van der Waals surface area contributed by atoms with E-state index in [1.807, 2.05) is 0 Å². The summed E-state index contributed by atoms with van der Waals surface area (Å²) in [5.74, 6) is 0.120. The molecule has 56 valence electrons. The first-order chi connectivity index (χ1) is 5.24. The van der Waals surface area contributed by atoms with Gasteiger partial charge in [0.25, 0.3) is 0 Å². The molecule has 0 amide bonds. The molecule has 1 aromatic heterocycles. The maximum absolute atomic E-state index is 10.6. The third-order valence-corrected chi connectivity index (χ3v) is 1.08. The minimum absolute atomic E-state index is 0.109. The van der Waals surface area contributed by atoms with Crippen LogP contribution in [0.3, 0.4) is 0 Å². The summed E-state index contributed by atoms with van der Waals surface area (Å²) in [5.41, 5.74) is 7.98. The van der Waals surface area contributed by atoms with E-state index in [9.17, 15) is 4.79 Å². The summed E-state index contributed by atoms with van der Waals surface area (Å²) in [6, 6.07) is 2.91. The van der Waals surface area contributed by atoms with Crippen molar-refractivity contribution in [2.24, 2.45) is 5.11 Å². The summed E-state index contributed by atoms with van der Waals surface area (Å²) >= 11 is 0. The first-order valence-electron chi connectivity index (χ1n) is 2.90. The first-order valence-corrected chi connectivity index (χ1v) is 2.90. The van der Waals surface area contributed by atoms with Gasteiger partial charge in [-0.1, -0.05) is 0 Å². The molecule has 0 N–H and O–H groups in total. The number of ketones is 1. The van der Waals surface area contributed by atoms with Gasteiger partial charge in [0.15, 0.2) is 17.4 Å². The first kappa shape index (κ1) is 7.37. The molecule has 1 aromatic rings. The summed E-state index contributed by atoms with van der Waals surface area (Å²) in [6.45, 7) is 1.37. The Morgan fingerprint density at radius 3 is 2.91 bits per heavy atom. The van der Waals surface area contributed by atoms with Gasteiger partial charge in [0.2, 0.25) is 0 Å². The lowest BCUT2D eigenvalue weighted by Gasteiger charge is -1.83. The fourth-order valence-corrected chi connectivity index (χ4v) is 0.615. The van der Waals surface area contributed by atoms with Crippen LogP contribution in [0.2, 0.25) is 0 Å². The van der Waals surface area contributed by atoms with Gasteiger partial charge in [0.05, 0.1) is 0 Å². The van der Waals surface area contributed by atoms with E-state index >= 15 is 0 Å². The summed E-state index contributed by atoms with van der Waals surface area (Å²) in [6.07, 6.45) is 0. The molecule has 0 atom stereocenters. The predicted octanol–water partition coefficient (Wildman–Crippen LogP) is 2.42. The minimum Gasteiger partial charge on any atom is -0.451 e. The highest BCUT2D eigenvalue weighted by molar-refractivity contribution is 5.91. The Hall–Kier alpha value is -1.74. The summed E-state index contributed by atoms with van der Waals surface area (Å²) in [4.78, 5) is 13.1. The Balaban J connectivity index is 2.99. The zero-order chi connectivity index (χ0) is 8.27. The summed E-state index contributed by atoms with van der Waals surface area (Å²) in [5, 5.41) is 3.17. The molecule has 0 aliphatic heterocycles. The van der Waals surface area contributed by atoms with Crippen LogP contribution in [-0.2, 0) is 0 Å². The van der Waals surface area contributed by atoms with E-state index in [1.165, 1.54) is 19.1 Å². The molecule has 1 heterocycles. The molecule has 0 fully saturated rings. The molecule has 11 heavy (non-hydrogen) atoms. The minimum atomic E-state index is -0.190. The number of furan rings is 1. The fraction of sp³-hybridized carbons (Fsp3) is 0.167. The normalized spacial score (nSPS) is 8.82. The number of rotatable bonds is 2. The quantitative estimate of drug-likeness (QED) is 0.281. The Bertz CT molecular complexity index is 306. The van der Waals surface area contributed by atoms with Gasteiger partial charge in [-0.15, -0.1) is 0 Å². The molecule has 5 heteroatoms. The molecule has 0 aliphatic carbocycles. The molecule has 0 unspecified atom stereocenters. The largest absolute Gasteiger partial charge is 0.451 e. The third-order valence-electron chi connectivity index (χ3n) is 1.08. The van der Waals surface area contributed by atoms with Gasteiger partial charge in [0, 0.05) is 11.8 Å².